The second kappa shape index (κ2) is 6.53. The molecule has 27 heavy (non-hydrogen) atoms. The predicted octanol–water partition coefficient (Wildman–Crippen LogP) is 6.12. The largest absolute Gasteiger partial charge is 0.505 e. The predicted molar refractivity (Wildman–Crippen MR) is 105 cm³/mol. The van der Waals surface area contributed by atoms with E-state index in [1.165, 1.54) is 0 Å². The number of carboxylic acid groups (broad SMARTS) is 1. The topological polar surface area (TPSA) is 82.2 Å². The zero-order chi connectivity index (χ0) is 19.0. The van der Waals surface area contributed by atoms with Crippen LogP contribution in [0.25, 0.3) is 21.5 Å². The van der Waals surface area contributed by atoms with Crippen LogP contribution in [0.5, 0.6) is 5.75 Å². The van der Waals surface area contributed by atoms with E-state index >= 15 is 0 Å². The molecule has 4 aromatic carbocycles. The Kier molecular flexibility index (Phi) is 4.05. The fraction of sp³-hybridized carbons (Fsp3) is 0.0455. The van der Waals surface area contributed by atoms with Gasteiger partial charge in [-0.2, -0.15) is 0 Å². The SMILES string of the molecule is Cc1cc2ccccc2c(O)c1N=Nc1cccc2ccc(C(=O)O)cc12. The van der Waals surface area contributed by atoms with Gasteiger partial charge in [0.2, 0.25) is 0 Å². The first-order valence-corrected chi connectivity index (χ1v) is 8.44. The fourth-order valence-electron chi connectivity index (χ4n) is 3.16. The van der Waals surface area contributed by atoms with Crippen molar-refractivity contribution < 1.29 is 15.0 Å². The van der Waals surface area contributed by atoms with Crippen molar-refractivity contribution in [3.05, 3.63) is 77.9 Å². The lowest BCUT2D eigenvalue weighted by Crippen LogP contribution is -1.95. The molecule has 4 aromatic rings. The highest BCUT2D eigenvalue weighted by molar-refractivity contribution is 5.99. The molecule has 0 saturated carbocycles. The molecule has 132 valence electrons. The van der Waals surface area contributed by atoms with Gasteiger partial charge in [-0.25, -0.2) is 4.79 Å². The molecule has 5 nitrogen and oxygen atoms in total. The molecular weight excluding hydrogens is 340 g/mol. The summed E-state index contributed by atoms with van der Waals surface area (Å²) >= 11 is 0. The van der Waals surface area contributed by atoms with E-state index in [1.54, 1.807) is 24.3 Å². The van der Waals surface area contributed by atoms with Gasteiger partial charge < -0.3 is 10.2 Å². The first-order valence-electron chi connectivity index (χ1n) is 8.44. The summed E-state index contributed by atoms with van der Waals surface area (Å²) in [6, 6.07) is 19.9. The van der Waals surface area contributed by atoms with Crippen molar-refractivity contribution in [1.82, 2.24) is 0 Å². The first kappa shape index (κ1) is 16.7. The highest BCUT2D eigenvalue weighted by Gasteiger charge is 2.11. The number of azo groups is 1. The van der Waals surface area contributed by atoms with Crippen LogP contribution in [0.2, 0.25) is 0 Å². The molecule has 0 spiro atoms. The molecular formula is C22H16N2O3. The van der Waals surface area contributed by atoms with Gasteiger partial charge in [-0.15, -0.1) is 10.2 Å². The summed E-state index contributed by atoms with van der Waals surface area (Å²) in [5.74, 6) is -0.910. The minimum atomic E-state index is -0.994. The lowest BCUT2D eigenvalue weighted by Gasteiger charge is -2.07. The van der Waals surface area contributed by atoms with Crippen LogP contribution in [0.4, 0.5) is 11.4 Å². The number of benzene rings is 4. The van der Waals surface area contributed by atoms with Crippen molar-refractivity contribution in [3.63, 3.8) is 0 Å². The van der Waals surface area contributed by atoms with E-state index in [0.717, 1.165) is 16.3 Å². The highest BCUT2D eigenvalue weighted by atomic mass is 16.4. The molecule has 0 aliphatic rings. The van der Waals surface area contributed by atoms with Crippen LogP contribution < -0.4 is 0 Å². The Bertz CT molecular complexity index is 1230. The Morgan fingerprint density at radius 2 is 1.63 bits per heavy atom. The number of hydrogen-bond acceptors (Lipinski definition) is 4. The van der Waals surface area contributed by atoms with Crippen molar-refractivity contribution in [1.29, 1.82) is 0 Å². The van der Waals surface area contributed by atoms with Crippen LogP contribution in [-0.2, 0) is 0 Å². The van der Waals surface area contributed by atoms with Gasteiger partial charge in [0.05, 0.1) is 11.3 Å². The third-order valence-corrected chi connectivity index (χ3v) is 4.55. The molecule has 2 N–H and O–H groups in total. The molecule has 5 heteroatoms. The van der Waals surface area contributed by atoms with Gasteiger partial charge in [0.15, 0.2) is 5.75 Å². The average molecular weight is 356 g/mol. The minimum Gasteiger partial charge on any atom is -0.505 e. The van der Waals surface area contributed by atoms with Gasteiger partial charge in [-0.1, -0.05) is 42.5 Å². The molecule has 0 aromatic heterocycles. The van der Waals surface area contributed by atoms with Gasteiger partial charge >= 0.3 is 5.97 Å². The van der Waals surface area contributed by atoms with E-state index in [4.69, 9.17) is 0 Å². The van der Waals surface area contributed by atoms with Crippen molar-refractivity contribution in [2.75, 3.05) is 0 Å². The third-order valence-electron chi connectivity index (χ3n) is 4.55. The summed E-state index contributed by atoms with van der Waals surface area (Å²) in [5.41, 5.74) is 1.94. The highest BCUT2D eigenvalue weighted by Crippen LogP contribution is 2.39. The lowest BCUT2D eigenvalue weighted by molar-refractivity contribution is 0.0697. The Balaban J connectivity index is 1.85. The number of aromatic hydroxyl groups is 1. The van der Waals surface area contributed by atoms with E-state index in [2.05, 4.69) is 10.2 Å². The first-order chi connectivity index (χ1) is 13.0. The lowest BCUT2D eigenvalue weighted by atomic mass is 10.0. The number of aryl methyl sites for hydroxylation is 1. The molecule has 0 bridgehead atoms. The van der Waals surface area contributed by atoms with Gasteiger partial charge in [-0.05, 0) is 47.5 Å². The quantitative estimate of drug-likeness (QED) is 0.434. The molecule has 0 aliphatic heterocycles. The van der Waals surface area contributed by atoms with Crippen molar-refractivity contribution in [3.8, 4) is 5.75 Å². The van der Waals surface area contributed by atoms with Crippen molar-refractivity contribution in [2.24, 2.45) is 10.2 Å². The number of aromatic carboxylic acids is 1. The normalized spacial score (nSPS) is 11.4. The van der Waals surface area contributed by atoms with Crippen LogP contribution in [0.1, 0.15) is 15.9 Å². The third kappa shape index (κ3) is 3.00. The summed E-state index contributed by atoms with van der Waals surface area (Å²) in [4.78, 5) is 11.3. The number of carboxylic acids is 1. The summed E-state index contributed by atoms with van der Waals surface area (Å²) in [6.45, 7) is 1.87. The Hall–Kier alpha value is -3.73. The van der Waals surface area contributed by atoms with E-state index in [9.17, 15) is 15.0 Å². The average Bonchev–Trinajstić information content (AvgIpc) is 2.67. The number of phenolic OH excluding ortho intramolecular Hbond substituents is 1. The minimum absolute atomic E-state index is 0.0841. The molecule has 0 radical (unpaired) electrons. The molecule has 0 atom stereocenters. The zero-order valence-corrected chi connectivity index (χ0v) is 14.5. The van der Waals surface area contributed by atoms with Crippen LogP contribution in [0, 0.1) is 6.92 Å². The molecule has 0 amide bonds. The molecule has 0 aliphatic carbocycles. The van der Waals surface area contributed by atoms with Gasteiger partial charge in [0.25, 0.3) is 0 Å². The maximum Gasteiger partial charge on any atom is 0.335 e. The molecule has 0 heterocycles. The number of carbonyl (C=O) groups is 1. The summed E-state index contributed by atoms with van der Waals surface area (Å²) in [6.07, 6.45) is 0. The maximum absolute atomic E-state index is 11.3. The Morgan fingerprint density at radius 1 is 0.852 bits per heavy atom. The van der Waals surface area contributed by atoms with Crippen molar-refractivity contribution in [2.45, 2.75) is 6.92 Å². The van der Waals surface area contributed by atoms with Gasteiger partial charge in [0.1, 0.15) is 5.69 Å². The van der Waals surface area contributed by atoms with E-state index in [1.807, 2.05) is 49.4 Å². The zero-order valence-electron chi connectivity index (χ0n) is 14.5. The monoisotopic (exact) mass is 356 g/mol. The smallest absolute Gasteiger partial charge is 0.335 e. The van der Waals surface area contributed by atoms with E-state index < -0.39 is 5.97 Å². The summed E-state index contributed by atoms with van der Waals surface area (Å²) in [5, 5.41) is 31.6. The fourth-order valence-corrected chi connectivity index (χ4v) is 3.16. The maximum atomic E-state index is 11.3. The van der Waals surface area contributed by atoms with Gasteiger partial charge in [-0.3, -0.25) is 0 Å². The van der Waals surface area contributed by atoms with Crippen LogP contribution in [0.15, 0.2) is 77.0 Å². The van der Waals surface area contributed by atoms with Crippen LogP contribution in [-0.4, -0.2) is 16.2 Å². The number of rotatable bonds is 3. The molecule has 4 rings (SSSR count). The van der Waals surface area contributed by atoms with Crippen molar-refractivity contribution >= 4 is 38.9 Å². The second-order valence-corrected chi connectivity index (χ2v) is 6.33. The standard InChI is InChI=1S/C22H16N2O3/c1-13-11-15-5-2-3-7-17(15)21(25)20(13)24-23-19-8-4-6-14-9-10-16(22(26)27)12-18(14)19/h2-12,25H,1H3,(H,26,27). The number of hydrogen-bond donors (Lipinski definition) is 2. The summed E-state index contributed by atoms with van der Waals surface area (Å²) in [7, 11) is 0. The van der Waals surface area contributed by atoms with Gasteiger partial charge in [0, 0.05) is 10.8 Å². The molecule has 0 fully saturated rings. The summed E-state index contributed by atoms with van der Waals surface area (Å²) < 4.78 is 0. The Labute approximate surface area is 155 Å². The van der Waals surface area contributed by atoms with Crippen LogP contribution >= 0.6 is 0 Å². The second-order valence-electron chi connectivity index (χ2n) is 6.33. The van der Waals surface area contributed by atoms with E-state index in [0.29, 0.717) is 22.1 Å². The molecule has 0 saturated heterocycles. The van der Waals surface area contributed by atoms with E-state index in [-0.39, 0.29) is 11.3 Å². The number of fused-ring (bicyclic) bond motifs is 2. The number of nitrogens with zero attached hydrogens (tertiary/aromatic N) is 2. The molecule has 0 unspecified atom stereocenters. The van der Waals surface area contributed by atoms with Crippen LogP contribution in [0.3, 0.4) is 0 Å². The Morgan fingerprint density at radius 3 is 2.44 bits per heavy atom. The number of phenols is 1.